The van der Waals surface area contributed by atoms with Gasteiger partial charge in [0.05, 0.1) is 24.0 Å². The van der Waals surface area contributed by atoms with Crippen molar-refractivity contribution in [3.8, 4) is 5.69 Å². The number of nitrogens with one attached hydrogen (secondary N) is 1. The zero-order valence-electron chi connectivity index (χ0n) is 19.1. The lowest BCUT2D eigenvalue weighted by atomic mass is 10.2. The molecule has 0 aliphatic rings. The van der Waals surface area contributed by atoms with Crippen LogP contribution in [0.2, 0.25) is 5.02 Å². The van der Waals surface area contributed by atoms with Crippen LogP contribution in [-0.4, -0.2) is 25.2 Å². The second-order valence-corrected chi connectivity index (χ2v) is 8.47. The third-order valence-electron chi connectivity index (χ3n) is 5.55. The maximum absolute atomic E-state index is 13.7. The first-order valence-electron chi connectivity index (χ1n) is 11.2. The van der Waals surface area contributed by atoms with E-state index in [2.05, 4.69) is 10.1 Å². The smallest absolute Gasteiger partial charge is 0.330 e. The molecule has 0 radical (unpaired) electrons. The fourth-order valence-corrected chi connectivity index (χ4v) is 3.93. The average molecular weight is 493 g/mol. The molecule has 2 heterocycles. The summed E-state index contributed by atoms with van der Waals surface area (Å²) in [7, 11) is 0. The molecule has 35 heavy (non-hydrogen) atoms. The highest BCUT2D eigenvalue weighted by molar-refractivity contribution is 6.30. The van der Waals surface area contributed by atoms with Crippen molar-refractivity contribution < 1.29 is 4.79 Å². The molecule has 180 valence electrons. The number of benzene rings is 2. The van der Waals surface area contributed by atoms with Gasteiger partial charge < -0.3 is 5.73 Å². The number of halogens is 1. The highest BCUT2D eigenvalue weighted by Crippen LogP contribution is 2.23. The van der Waals surface area contributed by atoms with Crippen LogP contribution in [0.1, 0.15) is 35.7 Å². The van der Waals surface area contributed by atoms with Gasteiger partial charge in [0.25, 0.3) is 11.5 Å². The number of nitrogens with zero attached hydrogens (tertiary/aromatic N) is 4. The number of hydrogen-bond acceptors (Lipinski definition) is 5. The van der Waals surface area contributed by atoms with Gasteiger partial charge in [0.1, 0.15) is 5.82 Å². The molecule has 1 amide bonds. The summed E-state index contributed by atoms with van der Waals surface area (Å²) in [5.41, 5.74) is 6.61. The summed E-state index contributed by atoms with van der Waals surface area (Å²) in [5.74, 6) is -0.543. The second-order valence-electron chi connectivity index (χ2n) is 8.03. The van der Waals surface area contributed by atoms with Crippen molar-refractivity contribution in [3.63, 3.8) is 0 Å². The zero-order valence-corrected chi connectivity index (χ0v) is 19.9. The predicted molar refractivity (Wildman–Crippen MR) is 136 cm³/mol. The van der Waals surface area contributed by atoms with E-state index in [1.54, 1.807) is 30.5 Å². The van der Waals surface area contributed by atoms with Crippen molar-refractivity contribution in [1.82, 2.24) is 19.3 Å². The van der Waals surface area contributed by atoms with Gasteiger partial charge in [-0.2, -0.15) is 5.10 Å². The van der Waals surface area contributed by atoms with Crippen LogP contribution in [0.3, 0.4) is 0 Å². The van der Waals surface area contributed by atoms with Crippen molar-refractivity contribution in [2.24, 2.45) is 0 Å². The molecule has 3 N–H and O–H groups in total. The minimum atomic E-state index is -0.730. The number of carbonyl (C=O) groups excluding carboxylic acids is 1. The first-order valence-corrected chi connectivity index (χ1v) is 11.6. The second kappa shape index (κ2) is 10.4. The van der Waals surface area contributed by atoms with Crippen LogP contribution in [0, 0.1) is 0 Å². The van der Waals surface area contributed by atoms with Gasteiger partial charge in [-0.05, 0) is 30.2 Å². The van der Waals surface area contributed by atoms with Crippen molar-refractivity contribution >= 4 is 29.0 Å². The number of unbranched alkanes of at least 4 members (excludes halogenated alkanes) is 1. The molecule has 10 heteroatoms. The van der Waals surface area contributed by atoms with Crippen LogP contribution in [-0.2, 0) is 13.1 Å². The maximum Gasteiger partial charge on any atom is 0.330 e. The van der Waals surface area contributed by atoms with Crippen LogP contribution in [0.4, 0.5) is 11.5 Å². The monoisotopic (exact) mass is 492 g/mol. The number of amides is 1. The number of rotatable bonds is 8. The highest BCUT2D eigenvalue weighted by Gasteiger charge is 2.26. The first kappa shape index (κ1) is 24.0. The molecule has 0 fully saturated rings. The molecule has 0 saturated carbocycles. The Morgan fingerprint density at radius 2 is 1.91 bits per heavy atom. The van der Waals surface area contributed by atoms with Crippen LogP contribution in [0.15, 0.2) is 76.6 Å². The first-order chi connectivity index (χ1) is 16.9. The Hall–Kier alpha value is -4.11. The molecule has 9 nitrogen and oxygen atoms in total. The lowest BCUT2D eigenvalue weighted by molar-refractivity contribution is 0.0984. The van der Waals surface area contributed by atoms with Gasteiger partial charge in [-0.25, -0.2) is 9.48 Å². The fraction of sp³-hybridized carbons (Fsp3) is 0.200. The van der Waals surface area contributed by atoms with E-state index in [1.807, 2.05) is 37.3 Å². The molecule has 0 unspecified atom stereocenters. The van der Waals surface area contributed by atoms with E-state index in [0.717, 1.165) is 12.0 Å². The molecular formula is C25H25ClN6O3. The van der Waals surface area contributed by atoms with Crippen LogP contribution in [0.25, 0.3) is 5.69 Å². The van der Waals surface area contributed by atoms with Gasteiger partial charge in [-0.1, -0.05) is 61.3 Å². The van der Waals surface area contributed by atoms with Gasteiger partial charge in [-0.15, -0.1) is 0 Å². The average Bonchev–Trinajstić information content (AvgIpc) is 3.34. The van der Waals surface area contributed by atoms with Gasteiger partial charge in [0.15, 0.2) is 5.69 Å². The number of nitrogens with two attached hydrogens (primary N) is 1. The van der Waals surface area contributed by atoms with Gasteiger partial charge >= 0.3 is 5.69 Å². The van der Waals surface area contributed by atoms with E-state index in [-0.39, 0.29) is 23.6 Å². The summed E-state index contributed by atoms with van der Waals surface area (Å²) < 4.78 is 2.82. The topological polar surface area (TPSA) is 119 Å². The lowest BCUT2D eigenvalue weighted by Gasteiger charge is -2.24. The Balaban J connectivity index is 1.80. The number of H-pyrrole nitrogens is 1. The SMILES string of the molecule is CCCCn1c(N)c(N(Cc2ccccc2)C(=O)c2cnn(-c3cccc(Cl)c3)c2)c(=O)[nH]c1=O. The Morgan fingerprint density at radius 1 is 1.14 bits per heavy atom. The molecule has 0 atom stereocenters. The highest BCUT2D eigenvalue weighted by atomic mass is 35.5. The minimum absolute atomic E-state index is 0.0567. The lowest BCUT2D eigenvalue weighted by Crippen LogP contribution is -2.40. The van der Waals surface area contributed by atoms with Crippen LogP contribution in [0.5, 0.6) is 0 Å². The molecule has 0 spiro atoms. The molecule has 4 rings (SSSR count). The van der Waals surface area contributed by atoms with Crippen molar-refractivity contribution in [2.45, 2.75) is 32.9 Å². The Morgan fingerprint density at radius 3 is 2.63 bits per heavy atom. The molecule has 0 bridgehead atoms. The van der Waals surface area contributed by atoms with Crippen molar-refractivity contribution in [2.75, 3.05) is 10.6 Å². The maximum atomic E-state index is 13.7. The van der Waals surface area contributed by atoms with E-state index in [0.29, 0.717) is 23.7 Å². The molecular weight excluding hydrogens is 468 g/mol. The van der Waals surface area contributed by atoms with E-state index in [1.165, 1.54) is 20.3 Å². The third-order valence-corrected chi connectivity index (χ3v) is 5.79. The number of aromatic nitrogens is 4. The molecule has 0 aliphatic carbocycles. The Bertz CT molecular complexity index is 1460. The van der Waals surface area contributed by atoms with Crippen LogP contribution < -0.4 is 21.9 Å². The van der Waals surface area contributed by atoms with E-state index < -0.39 is 17.2 Å². The zero-order chi connectivity index (χ0) is 24.9. The van der Waals surface area contributed by atoms with E-state index in [9.17, 15) is 14.4 Å². The van der Waals surface area contributed by atoms with E-state index >= 15 is 0 Å². The summed E-state index contributed by atoms with van der Waals surface area (Å²) in [6.45, 7) is 2.38. The largest absolute Gasteiger partial charge is 0.383 e. The molecule has 0 aliphatic heterocycles. The quantitative estimate of drug-likeness (QED) is 0.389. The van der Waals surface area contributed by atoms with Gasteiger partial charge in [0, 0.05) is 17.8 Å². The molecule has 2 aromatic heterocycles. The summed E-state index contributed by atoms with van der Waals surface area (Å²) in [5, 5.41) is 4.82. The van der Waals surface area contributed by atoms with Crippen molar-refractivity contribution in [1.29, 1.82) is 0 Å². The number of anilines is 2. The predicted octanol–water partition coefficient (Wildman–Crippen LogP) is 3.61. The number of hydrogen-bond donors (Lipinski definition) is 2. The fourth-order valence-electron chi connectivity index (χ4n) is 3.74. The standard InChI is InChI=1S/C25H25ClN6O3/c1-2-3-12-30-22(27)21(23(33)29-25(30)35)31(15-17-8-5-4-6-9-17)24(34)18-14-28-32(16-18)20-11-7-10-19(26)13-20/h4-11,13-14,16H,2-3,12,15,27H2,1H3,(H,29,33,35). The Labute approximate surface area is 206 Å². The summed E-state index contributed by atoms with van der Waals surface area (Å²) in [6.07, 6.45) is 4.49. The summed E-state index contributed by atoms with van der Waals surface area (Å²) in [6, 6.07) is 16.3. The number of aromatic amines is 1. The normalized spacial score (nSPS) is 10.9. The molecule has 0 saturated heterocycles. The molecule has 2 aromatic carbocycles. The minimum Gasteiger partial charge on any atom is -0.383 e. The Kier molecular flexibility index (Phi) is 7.17. The van der Waals surface area contributed by atoms with Crippen LogP contribution >= 0.6 is 11.6 Å². The number of carbonyl (C=O) groups is 1. The summed E-state index contributed by atoms with van der Waals surface area (Å²) >= 11 is 6.09. The van der Waals surface area contributed by atoms with E-state index in [4.69, 9.17) is 17.3 Å². The number of nitrogen functional groups attached to an aromatic ring is 1. The van der Waals surface area contributed by atoms with Crippen molar-refractivity contribution in [3.05, 3.63) is 104 Å². The van der Waals surface area contributed by atoms with Gasteiger partial charge in [0.2, 0.25) is 0 Å². The summed E-state index contributed by atoms with van der Waals surface area (Å²) in [4.78, 5) is 42.7. The van der Waals surface area contributed by atoms with Gasteiger partial charge in [-0.3, -0.25) is 24.0 Å². The third kappa shape index (κ3) is 5.20. The molecule has 4 aromatic rings.